The van der Waals surface area contributed by atoms with Gasteiger partial charge in [-0.15, -0.1) is 0 Å². The number of aliphatic hydroxyl groups is 1. The maximum atomic E-state index is 11.3. The topological polar surface area (TPSA) is 40.5 Å². The lowest BCUT2D eigenvalue weighted by atomic mass is 10.2. The molecule has 1 heterocycles. The van der Waals surface area contributed by atoms with E-state index in [0.717, 1.165) is 22.1 Å². The van der Waals surface area contributed by atoms with Gasteiger partial charge in [0.1, 0.15) is 6.61 Å². The zero-order valence-electron chi connectivity index (χ0n) is 7.53. The molecule has 1 aliphatic rings. The molecule has 0 unspecified atom stereocenters. The molecule has 0 aromatic heterocycles. The van der Waals surface area contributed by atoms with Crippen LogP contribution >= 0.6 is 15.9 Å². The van der Waals surface area contributed by atoms with Gasteiger partial charge in [0.25, 0.3) is 5.91 Å². The lowest BCUT2D eigenvalue weighted by Crippen LogP contribution is -2.31. The van der Waals surface area contributed by atoms with Gasteiger partial charge in [-0.25, -0.2) is 0 Å². The van der Waals surface area contributed by atoms with Gasteiger partial charge in [0.15, 0.2) is 0 Å². The van der Waals surface area contributed by atoms with E-state index in [0.29, 0.717) is 6.54 Å². The monoisotopic (exact) mass is 255 g/mol. The molecule has 1 N–H and O–H groups in total. The summed E-state index contributed by atoms with van der Waals surface area (Å²) < 4.78 is 0.953. The lowest BCUT2D eigenvalue weighted by Gasteiger charge is -2.15. The Labute approximate surface area is 90.5 Å². The summed E-state index contributed by atoms with van der Waals surface area (Å²) in [5, 5.41) is 8.79. The molecule has 1 amide bonds. The van der Waals surface area contributed by atoms with E-state index < -0.39 is 6.61 Å². The SMILES string of the molecule is O=C(CO)N1CCc2ccc(Br)cc21. The van der Waals surface area contributed by atoms with Crippen LogP contribution in [0.3, 0.4) is 0 Å². The number of amides is 1. The Hall–Kier alpha value is -0.870. The predicted octanol–water partition coefficient (Wildman–Crippen LogP) is 1.33. The highest BCUT2D eigenvalue weighted by Crippen LogP contribution is 2.30. The van der Waals surface area contributed by atoms with Crippen molar-refractivity contribution in [2.75, 3.05) is 18.1 Å². The normalized spacial score (nSPS) is 14.3. The van der Waals surface area contributed by atoms with Crippen LogP contribution in [0.25, 0.3) is 0 Å². The van der Waals surface area contributed by atoms with Crippen molar-refractivity contribution in [1.82, 2.24) is 0 Å². The quantitative estimate of drug-likeness (QED) is 0.823. The number of halogens is 1. The number of anilines is 1. The number of hydrogen-bond donors (Lipinski definition) is 1. The molecule has 1 aromatic rings. The van der Waals surface area contributed by atoms with Gasteiger partial charge < -0.3 is 10.0 Å². The van der Waals surface area contributed by atoms with E-state index in [2.05, 4.69) is 15.9 Å². The van der Waals surface area contributed by atoms with E-state index in [9.17, 15) is 4.79 Å². The molecule has 0 saturated carbocycles. The Morgan fingerprint density at radius 2 is 2.36 bits per heavy atom. The second-order valence-corrected chi connectivity index (χ2v) is 4.14. The van der Waals surface area contributed by atoms with Crippen molar-refractivity contribution in [2.24, 2.45) is 0 Å². The number of carbonyl (C=O) groups excluding carboxylic acids is 1. The fraction of sp³-hybridized carbons (Fsp3) is 0.300. The smallest absolute Gasteiger partial charge is 0.252 e. The summed E-state index contributed by atoms with van der Waals surface area (Å²) >= 11 is 3.36. The third kappa shape index (κ3) is 1.55. The third-order valence-corrected chi connectivity index (χ3v) is 2.87. The molecule has 0 aliphatic carbocycles. The highest BCUT2D eigenvalue weighted by Gasteiger charge is 2.23. The van der Waals surface area contributed by atoms with Crippen molar-refractivity contribution in [3.05, 3.63) is 28.2 Å². The minimum absolute atomic E-state index is 0.234. The average molecular weight is 256 g/mol. The van der Waals surface area contributed by atoms with E-state index in [1.54, 1.807) is 4.90 Å². The van der Waals surface area contributed by atoms with Gasteiger partial charge in [-0.2, -0.15) is 0 Å². The van der Waals surface area contributed by atoms with E-state index in [-0.39, 0.29) is 5.91 Å². The Morgan fingerprint density at radius 1 is 1.57 bits per heavy atom. The van der Waals surface area contributed by atoms with Crippen LogP contribution in [0.4, 0.5) is 5.69 Å². The summed E-state index contributed by atoms with van der Waals surface area (Å²) in [5.74, 6) is -0.234. The maximum absolute atomic E-state index is 11.3. The van der Waals surface area contributed by atoms with Crippen LogP contribution in [0.1, 0.15) is 5.56 Å². The molecular formula is C10H10BrNO2. The van der Waals surface area contributed by atoms with Gasteiger partial charge in [0, 0.05) is 16.7 Å². The van der Waals surface area contributed by atoms with Crippen molar-refractivity contribution in [3.8, 4) is 0 Å². The molecule has 0 bridgehead atoms. The molecule has 0 fully saturated rings. The van der Waals surface area contributed by atoms with Crippen LogP contribution in [-0.2, 0) is 11.2 Å². The standard InChI is InChI=1S/C10H10BrNO2/c11-8-2-1-7-3-4-12(9(7)5-8)10(14)6-13/h1-2,5,13H,3-4,6H2. The summed E-state index contributed by atoms with van der Waals surface area (Å²) in [6, 6.07) is 5.88. The number of rotatable bonds is 1. The number of fused-ring (bicyclic) bond motifs is 1. The molecule has 4 heteroatoms. The number of aliphatic hydroxyl groups excluding tert-OH is 1. The highest BCUT2D eigenvalue weighted by molar-refractivity contribution is 9.10. The van der Waals surface area contributed by atoms with Gasteiger partial charge in [-0.1, -0.05) is 22.0 Å². The van der Waals surface area contributed by atoms with Crippen LogP contribution in [0.2, 0.25) is 0 Å². The van der Waals surface area contributed by atoms with E-state index in [4.69, 9.17) is 5.11 Å². The van der Waals surface area contributed by atoms with Crippen LogP contribution < -0.4 is 4.90 Å². The second-order valence-electron chi connectivity index (χ2n) is 3.23. The first-order valence-corrected chi connectivity index (χ1v) is 5.21. The molecule has 1 aliphatic heterocycles. The first-order chi connectivity index (χ1) is 6.72. The minimum Gasteiger partial charge on any atom is -0.387 e. The van der Waals surface area contributed by atoms with E-state index in [1.807, 2.05) is 18.2 Å². The molecule has 3 nitrogen and oxygen atoms in total. The van der Waals surface area contributed by atoms with Gasteiger partial charge in [0.05, 0.1) is 0 Å². The Balaban J connectivity index is 2.38. The van der Waals surface area contributed by atoms with Crippen LogP contribution in [0.5, 0.6) is 0 Å². The minimum atomic E-state index is -0.425. The largest absolute Gasteiger partial charge is 0.387 e. The molecular weight excluding hydrogens is 246 g/mol. The molecule has 0 atom stereocenters. The molecule has 0 radical (unpaired) electrons. The predicted molar refractivity (Wildman–Crippen MR) is 57.3 cm³/mol. The van der Waals surface area contributed by atoms with Gasteiger partial charge in [-0.05, 0) is 24.1 Å². The number of nitrogens with zero attached hydrogens (tertiary/aromatic N) is 1. The van der Waals surface area contributed by atoms with Crippen molar-refractivity contribution in [1.29, 1.82) is 0 Å². The molecule has 2 rings (SSSR count). The molecule has 14 heavy (non-hydrogen) atoms. The van der Waals surface area contributed by atoms with Gasteiger partial charge in [-0.3, -0.25) is 4.79 Å². The first kappa shape index (κ1) is 9.68. The fourth-order valence-electron chi connectivity index (χ4n) is 1.70. The summed E-state index contributed by atoms with van der Waals surface area (Å²) in [4.78, 5) is 13.0. The molecule has 74 valence electrons. The molecule has 0 saturated heterocycles. The van der Waals surface area contributed by atoms with E-state index in [1.165, 1.54) is 0 Å². The second kappa shape index (κ2) is 3.71. The zero-order valence-corrected chi connectivity index (χ0v) is 9.12. The van der Waals surface area contributed by atoms with Crippen molar-refractivity contribution < 1.29 is 9.90 Å². The van der Waals surface area contributed by atoms with Gasteiger partial charge >= 0.3 is 0 Å². The molecule has 1 aromatic carbocycles. The third-order valence-electron chi connectivity index (χ3n) is 2.38. The van der Waals surface area contributed by atoms with Crippen molar-refractivity contribution >= 4 is 27.5 Å². The molecule has 0 spiro atoms. The highest BCUT2D eigenvalue weighted by atomic mass is 79.9. The average Bonchev–Trinajstić information content (AvgIpc) is 2.59. The van der Waals surface area contributed by atoms with Crippen LogP contribution in [0, 0.1) is 0 Å². The summed E-state index contributed by atoms with van der Waals surface area (Å²) in [7, 11) is 0. The summed E-state index contributed by atoms with van der Waals surface area (Å²) in [6.07, 6.45) is 0.869. The van der Waals surface area contributed by atoms with Crippen molar-refractivity contribution in [3.63, 3.8) is 0 Å². The fourth-order valence-corrected chi connectivity index (χ4v) is 2.05. The Morgan fingerprint density at radius 3 is 3.07 bits per heavy atom. The van der Waals surface area contributed by atoms with E-state index >= 15 is 0 Å². The number of carbonyl (C=O) groups is 1. The summed E-state index contributed by atoms with van der Waals surface area (Å²) in [6.45, 7) is 0.247. The number of hydrogen-bond acceptors (Lipinski definition) is 2. The van der Waals surface area contributed by atoms with Crippen LogP contribution in [0.15, 0.2) is 22.7 Å². The zero-order chi connectivity index (χ0) is 10.1. The maximum Gasteiger partial charge on any atom is 0.252 e. The Bertz CT molecular complexity index is 378. The first-order valence-electron chi connectivity index (χ1n) is 4.42. The van der Waals surface area contributed by atoms with Crippen LogP contribution in [-0.4, -0.2) is 24.2 Å². The Kier molecular flexibility index (Phi) is 2.56. The number of benzene rings is 1. The van der Waals surface area contributed by atoms with Crippen molar-refractivity contribution in [2.45, 2.75) is 6.42 Å². The van der Waals surface area contributed by atoms with Gasteiger partial charge in [0.2, 0.25) is 0 Å². The lowest BCUT2D eigenvalue weighted by molar-refractivity contribution is -0.121. The summed E-state index contributed by atoms with van der Waals surface area (Å²) in [5.41, 5.74) is 2.08.